The molecule has 0 bridgehead atoms. The van der Waals surface area contributed by atoms with E-state index in [0.29, 0.717) is 0 Å². The topological polar surface area (TPSA) is 26.0 Å². The molecule has 0 aliphatic carbocycles. The molecule has 16 heavy (non-hydrogen) atoms. The molecule has 0 saturated carbocycles. The number of hydrogen-bond donors (Lipinski definition) is 1. The molecule has 1 aromatic carbocycles. The third-order valence-corrected chi connectivity index (χ3v) is 3.37. The van der Waals surface area contributed by atoms with Crippen LogP contribution in [0.5, 0.6) is 0 Å². The van der Waals surface area contributed by atoms with Gasteiger partial charge in [0, 0.05) is 0 Å². The van der Waals surface area contributed by atoms with Crippen LogP contribution in [0.2, 0.25) is 0 Å². The summed E-state index contributed by atoms with van der Waals surface area (Å²) >= 11 is 1.69. The van der Waals surface area contributed by atoms with E-state index in [1.54, 1.807) is 11.3 Å². The summed E-state index contributed by atoms with van der Waals surface area (Å²) in [5.74, 6) is 0. The van der Waals surface area contributed by atoms with Gasteiger partial charge in [0.05, 0.1) is 6.04 Å². The Morgan fingerprint density at radius 1 is 1.19 bits per heavy atom. The second kappa shape index (κ2) is 5.48. The van der Waals surface area contributed by atoms with Crippen molar-refractivity contribution < 1.29 is 0 Å². The van der Waals surface area contributed by atoms with Crippen LogP contribution in [-0.4, -0.2) is 0 Å². The molecule has 0 unspecified atom stereocenters. The standard InChI is InChI=1S/C13H15NS.ClH/c1-9-3-4-10(2)12(7-9)13(14)11-5-6-15-8-11;/h3-8,13H,14H2,1-2H3;1H/t13-;/m1./s1. The zero-order valence-corrected chi connectivity index (χ0v) is 11.1. The smallest absolute Gasteiger partial charge is 0.0562 e. The van der Waals surface area contributed by atoms with Gasteiger partial charge in [0.2, 0.25) is 0 Å². The van der Waals surface area contributed by atoms with Gasteiger partial charge in [0.25, 0.3) is 0 Å². The number of aryl methyl sites for hydroxylation is 2. The van der Waals surface area contributed by atoms with Gasteiger partial charge in [-0.15, -0.1) is 12.4 Å². The number of rotatable bonds is 2. The normalized spacial score (nSPS) is 11.9. The molecular formula is C13H16ClNS. The van der Waals surface area contributed by atoms with Gasteiger partial charge >= 0.3 is 0 Å². The lowest BCUT2D eigenvalue weighted by molar-refractivity contribution is 0.865. The van der Waals surface area contributed by atoms with Crippen LogP contribution in [-0.2, 0) is 0 Å². The highest BCUT2D eigenvalue weighted by molar-refractivity contribution is 7.08. The van der Waals surface area contributed by atoms with Gasteiger partial charge in [-0.2, -0.15) is 11.3 Å². The largest absolute Gasteiger partial charge is 0.320 e. The summed E-state index contributed by atoms with van der Waals surface area (Å²) in [7, 11) is 0. The number of benzene rings is 1. The molecule has 1 nitrogen and oxygen atoms in total. The highest BCUT2D eigenvalue weighted by atomic mass is 35.5. The molecule has 0 aliphatic rings. The van der Waals surface area contributed by atoms with Crippen molar-refractivity contribution in [3.63, 3.8) is 0 Å². The Labute approximate surface area is 107 Å². The van der Waals surface area contributed by atoms with Crippen LogP contribution < -0.4 is 5.73 Å². The Hall–Kier alpha value is -0.830. The Morgan fingerprint density at radius 3 is 2.56 bits per heavy atom. The molecule has 0 saturated heterocycles. The molecule has 86 valence electrons. The Balaban J connectivity index is 0.00000128. The number of hydrogen-bond acceptors (Lipinski definition) is 2. The molecule has 0 aliphatic heterocycles. The maximum atomic E-state index is 6.24. The van der Waals surface area contributed by atoms with Gasteiger partial charge < -0.3 is 5.73 Å². The Bertz CT molecular complexity index is 451. The van der Waals surface area contributed by atoms with Gasteiger partial charge in [-0.25, -0.2) is 0 Å². The number of halogens is 1. The van der Waals surface area contributed by atoms with Crippen LogP contribution in [0.3, 0.4) is 0 Å². The molecule has 1 atom stereocenters. The van der Waals surface area contributed by atoms with Gasteiger partial charge in [-0.1, -0.05) is 23.8 Å². The first-order valence-electron chi connectivity index (χ1n) is 5.03. The summed E-state index contributed by atoms with van der Waals surface area (Å²) in [5.41, 5.74) is 11.2. The van der Waals surface area contributed by atoms with Crippen LogP contribution in [0.25, 0.3) is 0 Å². The van der Waals surface area contributed by atoms with E-state index < -0.39 is 0 Å². The molecule has 2 aromatic rings. The lowest BCUT2D eigenvalue weighted by Crippen LogP contribution is -2.12. The molecule has 0 spiro atoms. The van der Waals surface area contributed by atoms with Crippen molar-refractivity contribution >= 4 is 23.7 Å². The predicted octanol–water partition coefficient (Wildman–Crippen LogP) is 3.83. The lowest BCUT2D eigenvalue weighted by atomic mass is 9.96. The summed E-state index contributed by atoms with van der Waals surface area (Å²) in [4.78, 5) is 0. The Kier molecular flexibility index (Phi) is 4.54. The fraction of sp³-hybridized carbons (Fsp3) is 0.231. The van der Waals surface area contributed by atoms with Crippen molar-refractivity contribution in [1.82, 2.24) is 0 Å². The van der Waals surface area contributed by atoms with Crippen molar-refractivity contribution in [1.29, 1.82) is 0 Å². The van der Waals surface area contributed by atoms with Gasteiger partial charge in [-0.3, -0.25) is 0 Å². The second-order valence-electron chi connectivity index (χ2n) is 3.89. The minimum absolute atomic E-state index is 0. The fourth-order valence-electron chi connectivity index (χ4n) is 1.73. The number of nitrogens with two attached hydrogens (primary N) is 1. The highest BCUT2D eigenvalue weighted by Gasteiger charge is 2.11. The third-order valence-electron chi connectivity index (χ3n) is 2.67. The quantitative estimate of drug-likeness (QED) is 0.865. The number of thiophene rings is 1. The molecular weight excluding hydrogens is 238 g/mol. The Morgan fingerprint density at radius 2 is 1.94 bits per heavy atom. The molecule has 0 radical (unpaired) electrons. The molecule has 3 heteroatoms. The average Bonchev–Trinajstić information content (AvgIpc) is 2.74. The maximum Gasteiger partial charge on any atom is 0.0562 e. The lowest BCUT2D eigenvalue weighted by Gasteiger charge is -2.14. The van der Waals surface area contributed by atoms with Crippen molar-refractivity contribution in [3.8, 4) is 0 Å². The summed E-state index contributed by atoms with van der Waals surface area (Å²) in [6, 6.07) is 8.54. The van der Waals surface area contributed by atoms with E-state index in [-0.39, 0.29) is 18.4 Å². The van der Waals surface area contributed by atoms with E-state index in [9.17, 15) is 0 Å². The van der Waals surface area contributed by atoms with Crippen LogP contribution in [0.1, 0.15) is 28.3 Å². The van der Waals surface area contributed by atoms with Crippen LogP contribution in [0.15, 0.2) is 35.0 Å². The molecule has 0 fully saturated rings. The first-order chi connectivity index (χ1) is 7.18. The van der Waals surface area contributed by atoms with Crippen LogP contribution >= 0.6 is 23.7 Å². The zero-order valence-electron chi connectivity index (χ0n) is 9.44. The first-order valence-corrected chi connectivity index (χ1v) is 5.97. The zero-order chi connectivity index (χ0) is 10.8. The SMILES string of the molecule is Cc1ccc(C)c([C@H](N)c2ccsc2)c1.Cl. The monoisotopic (exact) mass is 253 g/mol. The molecule has 2 N–H and O–H groups in total. The van der Waals surface area contributed by atoms with Gasteiger partial charge in [-0.05, 0) is 47.4 Å². The van der Waals surface area contributed by atoms with E-state index in [0.717, 1.165) is 0 Å². The van der Waals surface area contributed by atoms with E-state index in [1.165, 1.54) is 22.3 Å². The maximum absolute atomic E-state index is 6.24. The van der Waals surface area contributed by atoms with Crippen LogP contribution in [0.4, 0.5) is 0 Å². The predicted molar refractivity (Wildman–Crippen MR) is 73.5 cm³/mol. The highest BCUT2D eigenvalue weighted by Crippen LogP contribution is 2.25. The minimum atomic E-state index is 0. The van der Waals surface area contributed by atoms with Gasteiger partial charge in [0.15, 0.2) is 0 Å². The van der Waals surface area contributed by atoms with Crippen molar-refractivity contribution in [2.45, 2.75) is 19.9 Å². The van der Waals surface area contributed by atoms with Crippen LogP contribution in [0, 0.1) is 13.8 Å². The summed E-state index contributed by atoms with van der Waals surface area (Å²) in [5, 5.41) is 4.19. The van der Waals surface area contributed by atoms with E-state index in [2.05, 4.69) is 48.9 Å². The van der Waals surface area contributed by atoms with E-state index in [4.69, 9.17) is 5.73 Å². The molecule has 0 amide bonds. The average molecular weight is 254 g/mol. The van der Waals surface area contributed by atoms with E-state index >= 15 is 0 Å². The molecule has 2 rings (SSSR count). The molecule has 1 aromatic heterocycles. The summed E-state index contributed by atoms with van der Waals surface area (Å²) < 4.78 is 0. The molecule has 1 heterocycles. The van der Waals surface area contributed by atoms with E-state index in [1.807, 2.05) is 0 Å². The minimum Gasteiger partial charge on any atom is -0.320 e. The fourth-order valence-corrected chi connectivity index (χ4v) is 2.42. The summed E-state index contributed by atoms with van der Waals surface area (Å²) in [6.45, 7) is 4.21. The van der Waals surface area contributed by atoms with Crippen molar-refractivity contribution in [2.24, 2.45) is 5.73 Å². The van der Waals surface area contributed by atoms with Crippen molar-refractivity contribution in [2.75, 3.05) is 0 Å². The van der Waals surface area contributed by atoms with Crippen molar-refractivity contribution in [3.05, 3.63) is 57.3 Å². The first kappa shape index (κ1) is 13.2. The second-order valence-corrected chi connectivity index (χ2v) is 4.67. The third kappa shape index (κ3) is 2.64. The summed E-state index contributed by atoms with van der Waals surface area (Å²) in [6.07, 6.45) is 0. The van der Waals surface area contributed by atoms with Gasteiger partial charge in [0.1, 0.15) is 0 Å².